The second-order valence-electron chi connectivity index (χ2n) is 7.36. The van der Waals surface area contributed by atoms with Crippen LogP contribution in [0.1, 0.15) is 28.3 Å². The molecule has 2 N–H and O–H groups in total. The van der Waals surface area contributed by atoms with Gasteiger partial charge in [-0.25, -0.2) is 0 Å². The lowest BCUT2D eigenvalue weighted by Crippen LogP contribution is -2.33. The molecule has 162 valence electrons. The molecule has 0 radical (unpaired) electrons. The van der Waals surface area contributed by atoms with Crippen molar-refractivity contribution in [3.05, 3.63) is 93.0 Å². The lowest BCUT2D eigenvalue weighted by molar-refractivity contribution is 0.354. The van der Waals surface area contributed by atoms with Crippen LogP contribution < -0.4 is 25.5 Å². The Morgan fingerprint density at radius 1 is 1.22 bits per heavy atom. The highest BCUT2D eigenvalue weighted by atomic mass is 16.5. The summed E-state index contributed by atoms with van der Waals surface area (Å²) in [6.45, 7) is 2.16. The maximum atomic E-state index is 13.7. The number of nitrogens with zero attached hydrogens (tertiary/aromatic N) is 3. The van der Waals surface area contributed by atoms with Gasteiger partial charge in [0.15, 0.2) is 11.5 Å². The number of aromatic nitrogens is 2. The fourth-order valence-electron chi connectivity index (χ4n) is 3.92. The predicted octanol–water partition coefficient (Wildman–Crippen LogP) is 2.84. The van der Waals surface area contributed by atoms with Crippen molar-refractivity contribution in [3.8, 4) is 23.3 Å². The third kappa shape index (κ3) is 3.54. The zero-order valence-corrected chi connectivity index (χ0v) is 18.0. The van der Waals surface area contributed by atoms with E-state index < -0.39 is 5.92 Å². The number of fused-ring (bicyclic) bond motifs is 1. The molecule has 3 aromatic rings. The molecule has 0 saturated heterocycles. The molecule has 2 aromatic heterocycles. The average molecular weight is 430 g/mol. The van der Waals surface area contributed by atoms with E-state index in [9.17, 15) is 10.1 Å². The van der Waals surface area contributed by atoms with Crippen molar-refractivity contribution < 1.29 is 14.2 Å². The van der Waals surface area contributed by atoms with Crippen molar-refractivity contribution in [3.63, 3.8) is 0 Å². The topological polar surface area (TPSA) is 112 Å². The minimum absolute atomic E-state index is 0.0244. The van der Waals surface area contributed by atoms with Crippen LogP contribution in [-0.4, -0.2) is 23.8 Å². The first-order chi connectivity index (χ1) is 15.5. The van der Waals surface area contributed by atoms with Gasteiger partial charge in [-0.2, -0.15) is 5.26 Å². The summed E-state index contributed by atoms with van der Waals surface area (Å²) in [6, 6.07) is 12.9. The molecule has 1 aliphatic heterocycles. The van der Waals surface area contributed by atoms with Gasteiger partial charge in [-0.3, -0.25) is 9.78 Å². The average Bonchev–Trinajstić information content (AvgIpc) is 2.81. The van der Waals surface area contributed by atoms with E-state index in [-0.39, 0.29) is 17.0 Å². The maximum Gasteiger partial charge on any atom is 0.259 e. The minimum atomic E-state index is -0.711. The van der Waals surface area contributed by atoms with E-state index in [4.69, 9.17) is 19.9 Å². The van der Waals surface area contributed by atoms with Crippen LogP contribution in [0.25, 0.3) is 0 Å². The van der Waals surface area contributed by atoms with E-state index in [0.29, 0.717) is 40.6 Å². The van der Waals surface area contributed by atoms with E-state index in [0.717, 1.165) is 5.56 Å². The monoisotopic (exact) mass is 430 g/mol. The number of rotatable bonds is 5. The Balaban J connectivity index is 1.93. The molecule has 1 aromatic carbocycles. The fourth-order valence-corrected chi connectivity index (χ4v) is 3.92. The van der Waals surface area contributed by atoms with Gasteiger partial charge in [-0.15, -0.1) is 0 Å². The lowest BCUT2D eigenvalue weighted by atomic mass is 9.84. The van der Waals surface area contributed by atoms with E-state index in [1.165, 1.54) is 7.11 Å². The highest BCUT2D eigenvalue weighted by molar-refractivity contribution is 5.57. The Bertz CT molecular complexity index is 1310. The summed E-state index contributed by atoms with van der Waals surface area (Å²) < 4.78 is 18.1. The van der Waals surface area contributed by atoms with Crippen LogP contribution in [-0.2, 0) is 6.54 Å². The largest absolute Gasteiger partial charge is 0.493 e. The summed E-state index contributed by atoms with van der Waals surface area (Å²) in [5, 5.41) is 9.86. The van der Waals surface area contributed by atoms with Gasteiger partial charge in [0.25, 0.3) is 5.56 Å². The van der Waals surface area contributed by atoms with Gasteiger partial charge in [0.2, 0.25) is 5.88 Å². The van der Waals surface area contributed by atoms with Crippen LogP contribution in [0, 0.1) is 18.3 Å². The zero-order chi connectivity index (χ0) is 22.8. The Kier molecular flexibility index (Phi) is 5.56. The van der Waals surface area contributed by atoms with Gasteiger partial charge in [0.1, 0.15) is 17.4 Å². The molecule has 0 unspecified atom stereocenters. The highest BCUT2D eigenvalue weighted by Crippen LogP contribution is 2.42. The van der Waals surface area contributed by atoms with Crippen molar-refractivity contribution in [1.29, 1.82) is 5.26 Å². The third-order valence-electron chi connectivity index (χ3n) is 5.49. The summed E-state index contributed by atoms with van der Waals surface area (Å²) in [4.78, 5) is 17.8. The first kappa shape index (κ1) is 21.0. The van der Waals surface area contributed by atoms with Gasteiger partial charge in [-0.05, 0) is 36.2 Å². The number of aryl methyl sites for hydroxylation is 1. The third-order valence-corrected chi connectivity index (χ3v) is 5.49. The Morgan fingerprint density at radius 3 is 2.66 bits per heavy atom. The molecule has 0 spiro atoms. The molecule has 0 fully saturated rings. The SMILES string of the molecule is COc1ccc([C@@H]2C(C#N)=C(N)Oc3cc(C)n(Cc4cccnc4)c(=O)c32)cc1OC. The zero-order valence-electron chi connectivity index (χ0n) is 18.0. The number of hydrogen-bond acceptors (Lipinski definition) is 7. The fraction of sp³-hybridized carbons (Fsp3) is 0.208. The van der Waals surface area contributed by atoms with Crippen molar-refractivity contribution in [1.82, 2.24) is 9.55 Å². The highest BCUT2D eigenvalue weighted by Gasteiger charge is 2.34. The van der Waals surface area contributed by atoms with Gasteiger partial charge >= 0.3 is 0 Å². The lowest BCUT2D eigenvalue weighted by Gasteiger charge is -2.27. The van der Waals surface area contributed by atoms with Crippen LogP contribution in [0.4, 0.5) is 0 Å². The van der Waals surface area contributed by atoms with Crippen LogP contribution in [0.15, 0.2) is 65.0 Å². The molecule has 8 heteroatoms. The van der Waals surface area contributed by atoms with Crippen LogP contribution in [0.5, 0.6) is 17.2 Å². The quantitative estimate of drug-likeness (QED) is 0.662. The van der Waals surface area contributed by atoms with Crippen LogP contribution in [0.3, 0.4) is 0 Å². The summed E-state index contributed by atoms with van der Waals surface area (Å²) in [5.74, 6) is 0.625. The number of pyridine rings is 2. The van der Waals surface area contributed by atoms with Crippen molar-refractivity contribution in [2.45, 2.75) is 19.4 Å². The number of hydrogen-bond donors (Lipinski definition) is 1. The number of ether oxygens (including phenoxy) is 3. The first-order valence-corrected chi connectivity index (χ1v) is 9.91. The molecule has 1 aliphatic rings. The van der Waals surface area contributed by atoms with Gasteiger partial charge in [-0.1, -0.05) is 12.1 Å². The van der Waals surface area contributed by atoms with Gasteiger partial charge in [0, 0.05) is 24.2 Å². The molecular weight excluding hydrogens is 408 g/mol. The molecule has 0 saturated carbocycles. The second-order valence-corrected chi connectivity index (χ2v) is 7.36. The predicted molar refractivity (Wildman–Crippen MR) is 118 cm³/mol. The van der Waals surface area contributed by atoms with Gasteiger partial charge < -0.3 is 24.5 Å². The number of nitriles is 1. The Morgan fingerprint density at radius 2 is 2.00 bits per heavy atom. The van der Waals surface area contributed by atoms with Crippen molar-refractivity contribution in [2.75, 3.05) is 14.2 Å². The number of benzene rings is 1. The number of allylic oxidation sites excluding steroid dienone is 1. The Hall–Kier alpha value is -4.25. The van der Waals surface area contributed by atoms with E-state index in [1.54, 1.807) is 48.3 Å². The van der Waals surface area contributed by atoms with E-state index in [1.807, 2.05) is 19.1 Å². The number of nitrogens with two attached hydrogens (primary N) is 1. The molecule has 32 heavy (non-hydrogen) atoms. The summed E-state index contributed by atoms with van der Waals surface area (Å²) in [7, 11) is 3.07. The standard InChI is InChI=1S/C24H22N4O4/c1-14-9-20-22(24(29)28(14)13-15-5-4-8-27-12-15)21(17(11-25)23(26)32-20)16-6-7-18(30-2)19(10-16)31-3/h4-10,12,21H,13,26H2,1-3H3/t21-/m1/s1. The van der Waals surface area contributed by atoms with Crippen LogP contribution in [0.2, 0.25) is 0 Å². The number of methoxy groups -OCH3 is 2. The smallest absolute Gasteiger partial charge is 0.259 e. The van der Waals surface area contributed by atoms with Gasteiger partial charge in [0.05, 0.1) is 32.2 Å². The summed E-state index contributed by atoms with van der Waals surface area (Å²) in [6.07, 6.45) is 3.39. The molecule has 1 atom stereocenters. The van der Waals surface area contributed by atoms with E-state index >= 15 is 0 Å². The Labute approximate surface area is 185 Å². The first-order valence-electron chi connectivity index (χ1n) is 9.91. The molecule has 0 bridgehead atoms. The summed E-state index contributed by atoms with van der Waals surface area (Å²) >= 11 is 0. The summed E-state index contributed by atoms with van der Waals surface area (Å²) in [5.41, 5.74) is 8.59. The normalized spacial score (nSPS) is 14.9. The van der Waals surface area contributed by atoms with Crippen LogP contribution >= 0.6 is 0 Å². The molecular formula is C24H22N4O4. The van der Waals surface area contributed by atoms with E-state index in [2.05, 4.69) is 11.1 Å². The maximum absolute atomic E-state index is 13.7. The minimum Gasteiger partial charge on any atom is -0.493 e. The molecule has 3 heterocycles. The second kappa shape index (κ2) is 8.47. The van der Waals surface area contributed by atoms with Crippen molar-refractivity contribution >= 4 is 0 Å². The van der Waals surface area contributed by atoms with Crippen molar-refractivity contribution in [2.24, 2.45) is 5.73 Å². The molecule has 0 amide bonds. The molecule has 4 rings (SSSR count). The molecule has 0 aliphatic carbocycles. The molecule has 8 nitrogen and oxygen atoms in total.